The number of nitrogen functional groups attached to an aromatic ring is 1. The number of anilines is 2. The van der Waals surface area contributed by atoms with Crippen LogP contribution in [0, 0.1) is 5.92 Å². The Morgan fingerprint density at radius 2 is 1.88 bits per heavy atom. The van der Waals surface area contributed by atoms with Gasteiger partial charge in [0.1, 0.15) is 0 Å². The molecule has 0 amide bonds. The minimum atomic E-state index is 0.333. The molecular weight excluding hydrogens is 214 g/mol. The van der Waals surface area contributed by atoms with Crippen LogP contribution in [0.5, 0.6) is 0 Å². The predicted molar refractivity (Wildman–Crippen MR) is 70.7 cm³/mol. The van der Waals surface area contributed by atoms with Crippen molar-refractivity contribution in [3.8, 4) is 0 Å². The minimum Gasteiger partial charge on any atom is -0.399 e. The number of nitrogens with zero attached hydrogens (tertiary/aromatic N) is 1. The van der Waals surface area contributed by atoms with Crippen molar-refractivity contribution in [2.24, 2.45) is 5.92 Å². The predicted octanol–water partition coefficient (Wildman–Crippen LogP) is 1.34. The Balaban J connectivity index is 1.74. The zero-order chi connectivity index (χ0) is 12.1. The molecule has 1 fully saturated rings. The van der Waals surface area contributed by atoms with Crippen molar-refractivity contribution in [1.82, 2.24) is 4.90 Å². The highest BCUT2D eigenvalue weighted by Crippen LogP contribution is 2.16. The van der Waals surface area contributed by atoms with Crippen molar-refractivity contribution < 1.29 is 5.11 Å². The number of rotatable bonds is 4. The molecule has 0 aromatic heterocycles. The molecular formula is C13H21N3O. The van der Waals surface area contributed by atoms with E-state index in [1.54, 1.807) is 0 Å². The standard InChI is InChI=1S/C13H21N3O/c14-12-1-3-13(4-2-12)15-10-16-7-5-11(9-17)6-8-16/h1-4,11,15,17H,5-10,14H2. The minimum absolute atomic E-state index is 0.333. The molecule has 0 radical (unpaired) electrons. The molecule has 1 aromatic rings. The molecule has 17 heavy (non-hydrogen) atoms. The van der Waals surface area contributed by atoms with E-state index in [1.807, 2.05) is 24.3 Å². The summed E-state index contributed by atoms with van der Waals surface area (Å²) in [7, 11) is 0. The Morgan fingerprint density at radius 1 is 1.24 bits per heavy atom. The molecule has 1 aliphatic rings. The van der Waals surface area contributed by atoms with Crippen LogP contribution in [0.2, 0.25) is 0 Å². The molecule has 0 aliphatic carbocycles. The van der Waals surface area contributed by atoms with Crippen molar-refractivity contribution in [2.45, 2.75) is 12.8 Å². The van der Waals surface area contributed by atoms with Gasteiger partial charge in [-0.2, -0.15) is 0 Å². The fraction of sp³-hybridized carbons (Fsp3) is 0.538. The van der Waals surface area contributed by atoms with Crippen LogP contribution in [0.3, 0.4) is 0 Å². The van der Waals surface area contributed by atoms with Gasteiger partial charge in [0.15, 0.2) is 0 Å². The van der Waals surface area contributed by atoms with Gasteiger partial charge in [0.2, 0.25) is 0 Å². The van der Waals surface area contributed by atoms with E-state index in [9.17, 15) is 0 Å². The maximum atomic E-state index is 9.07. The second kappa shape index (κ2) is 5.89. The number of aliphatic hydroxyl groups excluding tert-OH is 1. The first-order valence-corrected chi connectivity index (χ1v) is 6.20. The number of likely N-dealkylation sites (tertiary alicyclic amines) is 1. The van der Waals surface area contributed by atoms with Gasteiger partial charge in [-0.25, -0.2) is 0 Å². The van der Waals surface area contributed by atoms with Crippen LogP contribution in [0.25, 0.3) is 0 Å². The van der Waals surface area contributed by atoms with E-state index in [4.69, 9.17) is 10.8 Å². The molecule has 1 aliphatic heterocycles. The number of hydrogen-bond acceptors (Lipinski definition) is 4. The zero-order valence-corrected chi connectivity index (χ0v) is 10.1. The van der Waals surface area contributed by atoms with E-state index in [0.717, 1.165) is 44.0 Å². The summed E-state index contributed by atoms with van der Waals surface area (Å²) in [6.45, 7) is 3.32. The molecule has 1 aromatic carbocycles. The number of aliphatic hydroxyl groups is 1. The first kappa shape index (κ1) is 12.2. The smallest absolute Gasteiger partial charge is 0.0678 e. The third-order valence-corrected chi connectivity index (χ3v) is 3.38. The highest BCUT2D eigenvalue weighted by atomic mass is 16.3. The van der Waals surface area contributed by atoms with E-state index in [2.05, 4.69) is 10.2 Å². The molecule has 4 heteroatoms. The van der Waals surface area contributed by atoms with Gasteiger partial charge in [-0.1, -0.05) is 0 Å². The lowest BCUT2D eigenvalue weighted by Crippen LogP contribution is -2.37. The van der Waals surface area contributed by atoms with Crippen LogP contribution in [0.15, 0.2) is 24.3 Å². The average Bonchev–Trinajstić information content (AvgIpc) is 2.39. The van der Waals surface area contributed by atoms with Gasteiger partial charge in [0, 0.05) is 31.1 Å². The Kier molecular flexibility index (Phi) is 4.23. The van der Waals surface area contributed by atoms with Gasteiger partial charge >= 0.3 is 0 Å². The van der Waals surface area contributed by atoms with E-state index in [-0.39, 0.29) is 0 Å². The van der Waals surface area contributed by atoms with E-state index < -0.39 is 0 Å². The summed E-state index contributed by atoms with van der Waals surface area (Å²) < 4.78 is 0. The second-order valence-corrected chi connectivity index (χ2v) is 4.70. The van der Waals surface area contributed by atoms with Crippen molar-refractivity contribution in [1.29, 1.82) is 0 Å². The number of nitrogens with one attached hydrogen (secondary N) is 1. The van der Waals surface area contributed by atoms with E-state index >= 15 is 0 Å². The number of piperidine rings is 1. The Labute approximate surface area is 102 Å². The topological polar surface area (TPSA) is 61.5 Å². The summed E-state index contributed by atoms with van der Waals surface area (Å²) >= 11 is 0. The maximum Gasteiger partial charge on any atom is 0.0678 e. The Morgan fingerprint density at radius 3 is 2.47 bits per heavy atom. The van der Waals surface area contributed by atoms with Crippen molar-refractivity contribution in [3.05, 3.63) is 24.3 Å². The Bertz CT molecular complexity index is 331. The highest BCUT2D eigenvalue weighted by molar-refractivity contribution is 5.50. The molecule has 0 atom stereocenters. The fourth-order valence-corrected chi connectivity index (χ4v) is 2.13. The first-order chi connectivity index (χ1) is 8.28. The second-order valence-electron chi connectivity index (χ2n) is 4.70. The third-order valence-electron chi connectivity index (χ3n) is 3.38. The summed E-state index contributed by atoms with van der Waals surface area (Å²) in [6.07, 6.45) is 2.19. The molecule has 94 valence electrons. The van der Waals surface area contributed by atoms with E-state index in [0.29, 0.717) is 12.5 Å². The molecule has 0 spiro atoms. The van der Waals surface area contributed by atoms with Gasteiger partial charge in [0.05, 0.1) is 6.67 Å². The monoisotopic (exact) mass is 235 g/mol. The summed E-state index contributed by atoms with van der Waals surface area (Å²) in [6, 6.07) is 7.80. The van der Waals surface area contributed by atoms with Gasteiger partial charge in [-0.05, 0) is 43.0 Å². The lowest BCUT2D eigenvalue weighted by molar-refractivity contribution is 0.137. The molecule has 0 bridgehead atoms. The summed E-state index contributed by atoms with van der Waals surface area (Å²) in [5.41, 5.74) is 7.53. The molecule has 1 heterocycles. The quantitative estimate of drug-likeness (QED) is 0.689. The zero-order valence-electron chi connectivity index (χ0n) is 10.1. The van der Waals surface area contributed by atoms with Gasteiger partial charge in [-0.3, -0.25) is 4.90 Å². The number of hydrogen-bond donors (Lipinski definition) is 3. The van der Waals surface area contributed by atoms with Gasteiger partial charge in [-0.15, -0.1) is 0 Å². The van der Waals surface area contributed by atoms with Gasteiger partial charge < -0.3 is 16.2 Å². The van der Waals surface area contributed by atoms with E-state index in [1.165, 1.54) is 0 Å². The largest absolute Gasteiger partial charge is 0.399 e. The van der Waals surface area contributed by atoms with Crippen molar-refractivity contribution in [3.63, 3.8) is 0 Å². The summed E-state index contributed by atoms with van der Waals surface area (Å²) in [5.74, 6) is 0.503. The van der Waals surface area contributed by atoms with Crippen LogP contribution < -0.4 is 11.1 Å². The average molecular weight is 235 g/mol. The summed E-state index contributed by atoms with van der Waals surface area (Å²) in [5, 5.41) is 12.4. The molecule has 0 unspecified atom stereocenters. The SMILES string of the molecule is Nc1ccc(NCN2CCC(CO)CC2)cc1. The third kappa shape index (κ3) is 3.61. The van der Waals surface area contributed by atoms with Gasteiger partial charge in [0.25, 0.3) is 0 Å². The molecule has 1 saturated heterocycles. The molecule has 4 N–H and O–H groups in total. The summed E-state index contributed by atoms with van der Waals surface area (Å²) in [4.78, 5) is 2.38. The van der Waals surface area contributed by atoms with Crippen LogP contribution >= 0.6 is 0 Å². The lowest BCUT2D eigenvalue weighted by atomic mass is 9.98. The maximum absolute atomic E-state index is 9.07. The first-order valence-electron chi connectivity index (χ1n) is 6.20. The van der Waals surface area contributed by atoms with Crippen LogP contribution in [-0.4, -0.2) is 36.4 Å². The van der Waals surface area contributed by atoms with Crippen LogP contribution in [-0.2, 0) is 0 Å². The number of benzene rings is 1. The van der Waals surface area contributed by atoms with Crippen LogP contribution in [0.1, 0.15) is 12.8 Å². The van der Waals surface area contributed by atoms with Crippen molar-refractivity contribution in [2.75, 3.05) is 37.4 Å². The molecule has 2 rings (SSSR count). The van der Waals surface area contributed by atoms with Crippen molar-refractivity contribution >= 4 is 11.4 Å². The molecule has 0 saturated carbocycles. The fourth-order valence-electron chi connectivity index (χ4n) is 2.13. The van der Waals surface area contributed by atoms with Crippen LogP contribution in [0.4, 0.5) is 11.4 Å². The Hall–Kier alpha value is -1.26. The highest BCUT2D eigenvalue weighted by Gasteiger charge is 2.17. The lowest BCUT2D eigenvalue weighted by Gasteiger charge is -2.31. The normalized spacial score (nSPS) is 18.2. The number of nitrogens with two attached hydrogens (primary N) is 1. The molecule has 4 nitrogen and oxygen atoms in total.